The zero-order chi connectivity index (χ0) is 8.97. The van der Waals surface area contributed by atoms with E-state index in [9.17, 15) is 0 Å². The molecule has 1 heterocycles. The summed E-state index contributed by atoms with van der Waals surface area (Å²) in [6.07, 6.45) is 1.60. The molecule has 0 aliphatic rings. The number of hydrogen-bond donors (Lipinski definition) is 1. The Kier molecular flexibility index (Phi) is 3.17. The van der Waals surface area contributed by atoms with Crippen molar-refractivity contribution < 1.29 is 0 Å². The highest BCUT2D eigenvalue weighted by atomic mass is 14.9. The van der Waals surface area contributed by atoms with E-state index in [1.807, 2.05) is 13.0 Å². The van der Waals surface area contributed by atoms with Crippen LogP contribution >= 0.6 is 0 Å². The lowest BCUT2D eigenvalue weighted by Crippen LogP contribution is -2.22. The minimum Gasteiger partial charge on any atom is -0.309 e. The molecule has 0 radical (unpaired) electrons. The molecule has 0 amide bonds. The Bertz CT molecular complexity index is 245. The molecule has 3 heteroatoms. The van der Waals surface area contributed by atoms with E-state index in [-0.39, 0.29) is 0 Å². The lowest BCUT2D eigenvalue weighted by molar-refractivity contribution is 0.580. The van der Waals surface area contributed by atoms with Crippen LogP contribution in [0.3, 0.4) is 0 Å². The van der Waals surface area contributed by atoms with Gasteiger partial charge in [-0.25, -0.2) is 9.97 Å². The fraction of sp³-hybridized carbons (Fsp3) is 0.556. The molecule has 66 valence electrons. The minimum absolute atomic E-state index is 0.500. The molecule has 1 N–H and O–H groups in total. The third-order valence-corrected chi connectivity index (χ3v) is 1.55. The Hall–Kier alpha value is -0.960. The summed E-state index contributed by atoms with van der Waals surface area (Å²) >= 11 is 0. The number of aryl methyl sites for hydroxylation is 1. The van der Waals surface area contributed by atoms with Crippen molar-refractivity contribution in [2.75, 3.05) is 0 Å². The van der Waals surface area contributed by atoms with E-state index in [2.05, 4.69) is 29.1 Å². The first-order valence-corrected chi connectivity index (χ1v) is 4.19. The molecular formula is C9H15N3. The van der Waals surface area contributed by atoms with Crippen LogP contribution in [0.4, 0.5) is 0 Å². The SMILES string of the molecule is Cc1cc(CNC(C)C)ncn1. The Morgan fingerprint density at radius 3 is 2.75 bits per heavy atom. The molecule has 0 aliphatic carbocycles. The summed E-state index contributed by atoms with van der Waals surface area (Å²) < 4.78 is 0. The predicted octanol–water partition coefficient (Wildman–Crippen LogP) is 1.28. The van der Waals surface area contributed by atoms with Gasteiger partial charge in [0, 0.05) is 18.3 Å². The van der Waals surface area contributed by atoms with Gasteiger partial charge in [0.05, 0.1) is 5.69 Å². The molecule has 0 atom stereocenters. The highest BCUT2D eigenvalue weighted by Crippen LogP contribution is 1.96. The maximum absolute atomic E-state index is 4.14. The molecule has 1 aromatic rings. The molecule has 0 fully saturated rings. The van der Waals surface area contributed by atoms with E-state index in [4.69, 9.17) is 0 Å². The van der Waals surface area contributed by atoms with Crippen LogP contribution in [0.2, 0.25) is 0 Å². The summed E-state index contributed by atoms with van der Waals surface area (Å²) in [5.74, 6) is 0. The lowest BCUT2D eigenvalue weighted by Gasteiger charge is -2.06. The molecule has 0 saturated carbocycles. The second kappa shape index (κ2) is 4.16. The number of rotatable bonds is 3. The van der Waals surface area contributed by atoms with Gasteiger partial charge in [-0.2, -0.15) is 0 Å². The third kappa shape index (κ3) is 2.96. The average molecular weight is 165 g/mol. The van der Waals surface area contributed by atoms with E-state index < -0.39 is 0 Å². The van der Waals surface area contributed by atoms with E-state index in [1.54, 1.807) is 6.33 Å². The van der Waals surface area contributed by atoms with Gasteiger partial charge in [0.1, 0.15) is 6.33 Å². The number of hydrogen-bond acceptors (Lipinski definition) is 3. The van der Waals surface area contributed by atoms with Crippen LogP contribution in [0, 0.1) is 6.92 Å². The molecule has 0 spiro atoms. The van der Waals surface area contributed by atoms with Crippen molar-refractivity contribution in [2.45, 2.75) is 33.4 Å². The average Bonchev–Trinajstić information content (AvgIpc) is 2.01. The normalized spacial score (nSPS) is 10.7. The second-order valence-corrected chi connectivity index (χ2v) is 3.19. The van der Waals surface area contributed by atoms with Crippen LogP contribution in [0.25, 0.3) is 0 Å². The van der Waals surface area contributed by atoms with Gasteiger partial charge in [-0.05, 0) is 13.0 Å². The quantitative estimate of drug-likeness (QED) is 0.733. The standard InChI is InChI=1S/C9H15N3/c1-7(2)10-5-9-4-8(3)11-6-12-9/h4,6-7,10H,5H2,1-3H3. The number of nitrogens with zero attached hydrogens (tertiary/aromatic N) is 2. The summed E-state index contributed by atoms with van der Waals surface area (Å²) in [6, 6.07) is 2.50. The van der Waals surface area contributed by atoms with Crippen LogP contribution in [0.1, 0.15) is 25.2 Å². The largest absolute Gasteiger partial charge is 0.309 e. The van der Waals surface area contributed by atoms with Crippen molar-refractivity contribution in [2.24, 2.45) is 0 Å². The van der Waals surface area contributed by atoms with Gasteiger partial charge in [0.15, 0.2) is 0 Å². The summed E-state index contributed by atoms with van der Waals surface area (Å²) in [4.78, 5) is 8.17. The third-order valence-electron chi connectivity index (χ3n) is 1.55. The fourth-order valence-electron chi connectivity index (χ4n) is 0.915. The molecule has 3 nitrogen and oxygen atoms in total. The topological polar surface area (TPSA) is 37.8 Å². The van der Waals surface area contributed by atoms with Crippen molar-refractivity contribution >= 4 is 0 Å². The van der Waals surface area contributed by atoms with Gasteiger partial charge < -0.3 is 5.32 Å². The van der Waals surface area contributed by atoms with Crippen LogP contribution in [-0.4, -0.2) is 16.0 Å². The Morgan fingerprint density at radius 2 is 2.17 bits per heavy atom. The van der Waals surface area contributed by atoms with Crippen molar-refractivity contribution in [1.82, 2.24) is 15.3 Å². The van der Waals surface area contributed by atoms with Crippen molar-refractivity contribution in [1.29, 1.82) is 0 Å². The maximum atomic E-state index is 4.14. The summed E-state index contributed by atoms with van der Waals surface area (Å²) in [6.45, 7) is 7.03. The second-order valence-electron chi connectivity index (χ2n) is 3.19. The molecule has 0 unspecified atom stereocenters. The first-order chi connectivity index (χ1) is 5.68. The Morgan fingerprint density at radius 1 is 1.42 bits per heavy atom. The van der Waals surface area contributed by atoms with Crippen molar-refractivity contribution in [3.05, 3.63) is 23.8 Å². The zero-order valence-electron chi connectivity index (χ0n) is 7.83. The summed E-state index contributed by atoms with van der Waals surface area (Å²) in [7, 11) is 0. The monoisotopic (exact) mass is 165 g/mol. The van der Waals surface area contributed by atoms with E-state index in [1.165, 1.54) is 0 Å². The molecule has 0 aromatic carbocycles. The van der Waals surface area contributed by atoms with Gasteiger partial charge in [0.2, 0.25) is 0 Å². The van der Waals surface area contributed by atoms with Gasteiger partial charge in [0.25, 0.3) is 0 Å². The van der Waals surface area contributed by atoms with E-state index in [0.29, 0.717) is 6.04 Å². The molecule has 0 aliphatic heterocycles. The van der Waals surface area contributed by atoms with Gasteiger partial charge in [-0.15, -0.1) is 0 Å². The van der Waals surface area contributed by atoms with Crippen molar-refractivity contribution in [3.8, 4) is 0 Å². The minimum atomic E-state index is 0.500. The Labute approximate surface area is 73.2 Å². The summed E-state index contributed by atoms with van der Waals surface area (Å²) in [5.41, 5.74) is 2.07. The van der Waals surface area contributed by atoms with Crippen molar-refractivity contribution in [3.63, 3.8) is 0 Å². The van der Waals surface area contributed by atoms with Gasteiger partial charge >= 0.3 is 0 Å². The van der Waals surface area contributed by atoms with Crippen LogP contribution < -0.4 is 5.32 Å². The van der Waals surface area contributed by atoms with E-state index in [0.717, 1.165) is 17.9 Å². The van der Waals surface area contributed by atoms with E-state index >= 15 is 0 Å². The molecule has 1 aromatic heterocycles. The van der Waals surface area contributed by atoms with Crippen LogP contribution in [0.15, 0.2) is 12.4 Å². The first kappa shape index (κ1) is 9.13. The molecular weight excluding hydrogens is 150 g/mol. The van der Waals surface area contributed by atoms with Gasteiger partial charge in [-0.1, -0.05) is 13.8 Å². The van der Waals surface area contributed by atoms with Gasteiger partial charge in [-0.3, -0.25) is 0 Å². The van der Waals surface area contributed by atoms with Crippen LogP contribution in [0.5, 0.6) is 0 Å². The molecule has 0 bridgehead atoms. The van der Waals surface area contributed by atoms with Crippen LogP contribution in [-0.2, 0) is 6.54 Å². The highest BCUT2D eigenvalue weighted by Gasteiger charge is 1.96. The fourth-order valence-corrected chi connectivity index (χ4v) is 0.915. The number of aromatic nitrogens is 2. The predicted molar refractivity (Wildman–Crippen MR) is 48.7 cm³/mol. The molecule has 12 heavy (non-hydrogen) atoms. The highest BCUT2D eigenvalue weighted by molar-refractivity contribution is 5.05. The summed E-state index contributed by atoms with van der Waals surface area (Å²) in [5, 5.41) is 3.30. The molecule has 0 saturated heterocycles. The lowest BCUT2D eigenvalue weighted by atomic mass is 10.3. The first-order valence-electron chi connectivity index (χ1n) is 4.19. The smallest absolute Gasteiger partial charge is 0.115 e. The molecule has 1 rings (SSSR count). The zero-order valence-corrected chi connectivity index (χ0v) is 7.83. The maximum Gasteiger partial charge on any atom is 0.115 e. The Balaban J connectivity index is 2.52. The number of nitrogens with one attached hydrogen (secondary N) is 1.